The number of hydrogen-bond acceptors (Lipinski definition) is 5. The Balaban J connectivity index is 2.09. The van der Waals surface area contributed by atoms with Gasteiger partial charge in [0.05, 0.1) is 36.2 Å². The molecule has 0 saturated carbocycles. The maximum Gasteiger partial charge on any atom is 0.337 e. The van der Waals surface area contributed by atoms with Gasteiger partial charge in [0, 0.05) is 0 Å². The number of benzene rings is 2. The Bertz CT molecular complexity index is 1110. The molecule has 0 spiro atoms. The summed E-state index contributed by atoms with van der Waals surface area (Å²) in [7, 11) is 1.28. The highest BCUT2D eigenvalue weighted by atomic mass is 16.5. The summed E-state index contributed by atoms with van der Waals surface area (Å²) in [6.45, 7) is 5.93. The van der Waals surface area contributed by atoms with Gasteiger partial charge in [-0.25, -0.2) is 9.59 Å². The molecule has 1 atom stereocenters. The molecule has 29 heavy (non-hydrogen) atoms. The number of hydrogen-bond donors (Lipinski definition) is 1. The van der Waals surface area contributed by atoms with Crippen molar-refractivity contribution in [3.05, 3.63) is 80.5 Å². The third-order valence-electron chi connectivity index (χ3n) is 5.20. The van der Waals surface area contributed by atoms with E-state index in [2.05, 4.69) is 23.7 Å². The van der Waals surface area contributed by atoms with Gasteiger partial charge < -0.3 is 9.72 Å². The molecule has 152 valence electrons. The molecular formula is C22H25N3O4. The summed E-state index contributed by atoms with van der Waals surface area (Å²) < 4.78 is 5.93. The first kappa shape index (κ1) is 20.5. The predicted molar refractivity (Wildman–Crippen MR) is 112 cm³/mol. The first-order valence-corrected chi connectivity index (χ1v) is 9.64. The zero-order valence-electron chi connectivity index (χ0n) is 16.8. The first-order valence-electron chi connectivity index (χ1n) is 9.64. The predicted octanol–water partition coefficient (Wildman–Crippen LogP) is 2.56. The molecule has 0 saturated heterocycles. The zero-order valence-corrected chi connectivity index (χ0v) is 16.8. The van der Waals surface area contributed by atoms with Gasteiger partial charge in [-0.05, 0) is 36.9 Å². The second-order valence-corrected chi connectivity index (χ2v) is 6.75. The van der Waals surface area contributed by atoms with Crippen molar-refractivity contribution in [2.24, 2.45) is 0 Å². The lowest BCUT2D eigenvalue weighted by Gasteiger charge is -2.30. The third-order valence-corrected chi connectivity index (χ3v) is 5.20. The molecule has 3 aromatic rings. The summed E-state index contributed by atoms with van der Waals surface area (Å²) in [4.78, 5) is 42.5. The Labute approximate surface area is 168 Å². The zero-order chi connectivity index (χ0) is 21.0. The van der Waals surface area contributed by atoms with Crippen LogP contribution in [0.25, 0.3) is 10.9 Å². The molecule has 0 radical (unpaired) electrons. The minimum atomic E-state index is -0.525. The van der Waals surface area contributed by atoms with Crippen LogP contribution in [0.1, 0.15) is 35.8 Å². The van der Waals surface area contributed by atoms with Crippen LogP contribution in [0, 0.1) is 0 Å². The van der Waals surface area contributed by atoms with Crippen LogP contribution in [0.2, 0.25) is 0 Å². The van der Waals surface area contributed by atoms with Crippen LogP contribution >= 0.6 is 0 Å². The van der Waals surface area contributed by atoms with E-state index in [-0.39, 0.29) is 23.7 Å². The lowest BCUT2D eigenvalue weighted by Crippen LogP contribution is -2.41. The topological polar surface area (TPSA) is 84.4 Å². The van der Waals surface area contributed by atoms with Gasteiger partial charge in [-0.1, -0.05) is 44.2 Å². The van der Waals surface area contributed by atoms with E-state index in [0.29, 0.717) is 10.9 Å². The van der Waals surface area contributed by atoms with E-state index < -0.39 is 11.7 Å². The number of nitrogens with one attached hydrogen (secondary N) is 1. The Morgan fingerprint density at radius 2 is 1.79 bits per heavy atom. The van der Waals surface area contributed by atoms with Crippen LogP contribution in [0.15, 0.2) is 58.1 Å². The molecule has 1 N–H and O–H groups in total. The van der Waals surface area contributed by atoms with Gasteiger partial charge in [-0.2, -0.15) is 0 Å². The molecule has 1 heterocycles. The van der Waals surface area contributed by atoms with Gasteiger partial charge in [-0.3, -0.25) is 14.3 Å². The average Bonchev–Trinajstić information content (AvgIpc) is 2.75. The average molecular weight is 395 g/mol. The molecule has 2 aromatic carbocycles. The number of carbonyl (C=O) groups is 1. The molecule has 0 amide bonds. The van der Waals surface area contributed by atoms with Gasteiger partial charge in [-0.15, -0.1) is 0 Å². The monoisotopic (exact) mass is 395 g/mol. The number of H-pyrrole nitrogens is 1. The second-order valence-electron chi connectivity index (χ2n) is 6.75. The highest BCUT2D eigenvalue weighted by Gasteiger charge is 2.21. The largest absolute Gasteiger partial charge is 0.465 e. The van der Waals surface area contributed by atoms with E-state index in [1.165, 1.54) is 23.8 Å². The van der Waals surface area contributed by atoms with Crippen molar-refractivity contribution in [3.8, 4) is 0 Å². The molecule has 0 bridgehead atoms. The minimum absolute atomic E-state index is 0.114. The minimum Gasteiger partial charge on any atom is -0.465 e. The Morgan fingerprint density at radius 1 is 1.10 bits per heavy atom. The molecule has 0 fully saturated rings. The highest BCUT2D eigenvalue weighted by Crippen LogP contribution is 2.21. The summed E-state index contributed by atoms with van der Waals surface area (Å²) >= 11 is 0. The number of esters is 1. The van der Waals surface area contributed by atoms with Crippen molar-refractivity contribution in [2.45, 2.75) is 26.4 Å². The van der Waals surface area contributed by atoms with Gasteiger partial charge >= 0.3 is 11.7 Å². The van der Waals surface area contributed by atoms with Crippen LogP contribution in [0.3, 0.4) is 0 Å². The van der Waals surface area contributed by atoms with Gasteiger partial charge in [0.1, 0.15) is 0 Å². The van der Waals surface area contributed by atoms with Crippen molar-refractivity contribution < 1.29 is 9.53 Å². The molecule has 7 nitrogen and oxygen atoms in total. The summed E-state index contributed by atoms with van der Waals surface area (Å²) in [5.74, 6) is -0.525. The fourth-order valence-electron chi connectivity index (χ4n) is 3.61. The van der Waals surface area contributed by atoms with E-state index in [1.54, 1.807) is 6.07 Å². The summed E-state index contributed by atoms with van der Waals surface area (Å²) in [6, 6.07) is 14.3. The number of aromatic amines is 1. The molecule has 1 unspecified atom stereocenters. The van der Waals surface area contributed by atoms with Crippen LogP contribution < -0.4 is 11.2 Å². The van der Waals surface area contributed by atoms with Crippen LogP contribution in [0.5, 0.6) is 0 Å². The maximum atomic E-state index is 13.1. The number of nitrogens with zero attached hydrogens (tertiary/aromatic N) is 2. The Hall–Kier alpha value is -3.19. The number of fused-ring (bicyclic) bond motifs is 1. The number of aromatic nitrogens is 2. The van der Waals surface area contributed by atoms with Gasteiger partial charge in [0.2, 0.25) is 0 Å². The van der Waals surface area contributed by atoms with Crippen LogP contribution in [0.4, 0.5) is 0 Å². The van der Waals surface area contributed by atoms with Crippen molar-refractivity contribution in [1.82, 2.24) is 14.5 Å². The molecule has 0 aliphatic rings. The van der Waals surface area contributed by atoms with Crippen molar-refractivity contribution in [2.75, 3.05) is 20.2 Å². The lowest BCUT2D eigenvalue weighted by atomic mass is 10.0. The van der Waals surface area contributed by atoms with Crippen LogP contribution in [-0.4, -0.2) is 40.6 Å². The highest BCUT2D eigenvalue weighted by molar-refractivity contribution is 5.93. The third kappa shape index (κ3) is 4.14. The second kappa shape index (κ2) is 8.87. The van der Waals surface area contributed by atoms with Gasteiger partial charge in [0.25, 0.3) is 5.56 Å². The molecular weight excluding hydrogens is 370 g/mol. The normalized spacial score (nSPS) is 12.3. The fraction of sp³-hybridized carbons (Fsp3) is 0.318. The maximum absolute atomic E-state index is 13.1. The number of carbonyl (C=O) groups excluding carboxylic acids is 1. The smallest absolute Gasteiger partial charge is 0.337 e. The van der Waals surface area contributed by atoms with E-state index in [0.717, 1.165) is 18.7 Å². The number of ether oxygens (including phenoxy) is 1. The van der Waals surface area contributed by atoms with Crippen molar-refractivity contribution in [1.29, 1.82) is 0 Å². The first-order chi connectivity index (χ1) is 14.0. The molecule has 0 aliphatic carbocycles. The summed E-state index contributed by atoms with van der Waals surface area (Å²) in [6.07, 6.45) is 0. The Morgan fingerprint density at radius 3 is 2.41 bits per heavy atom. The number of likely N-dealkylation sites (N-methyl/N-ethyl adjacent to an activating group) is 1. The van der Waals surface area contributed by atoms with E-state index >= 15 is 0 Å². The van der Waals surface area contributed by atoms with Gasteiger partial charge in [0.15, 0.2) is 0 Å². The standard InChI is InChI=1S/C22H25N3O4/c1-4-24(5-2)19(15-9-7-6-8-10-15)14-25-20(26)17-12-11-16(21(27)29-3)13-18(17)23-22(25)28/h6-13,19H,4-5,14H2,1-3H3,(H,23,28). The van der Waals surface area contributed by atoms with E-state index in [4.69, 9.17) is 4.74 Å². The van der Waals surface area contributed by atoms with Crippen molar-refractivity contribution >= 4 is 16.9 Å². The number of rotatable bonds is 7. The SMILES string of the molecule is CCN(CC)C(Cn1c(=O)[nH]c2cc(C(=O)OC)ccc2c1=O)c1ccccc1. The Kier molecular flexibility index (Phi) is 6.29. The van der Waals surface area contributed by atoms with Crippen LogP contribution in [-0.2, 0) is 11.3 Å². The summed E-state index contributed by atoms with van der Waals surface area (Å²) in [5, 5.41) is 0.351. The van der Waals surface area contributed by atoms with E-state index in [9.17, 15) is 14.4 Å². The lowest BCUT2D eigenvalue weighted by molar-refractivity contribution is 0.0601. The van der Waals surface area contributed by atoms with Crippen molar-refractivity contribution in [3.63, 3.8) is 0 Å². The van der Waals surface area contributed by atoms with E-state index in [1.807, 2.05) is 30.3 Å². The molecule has 7 heteroatoms. The molecule has 3 rings (SSSR count). The molecule has 1 aromatic heterocycles. The summed E-state index contributed by atoms with van der Waals surface area (Å²) in [5.41, 5.74) is 0.755. The molecule has 0 aliphatic heterocycles. The quantitative estimate of drug-likeness (QED) is 0.622. The fourth-order valence-corrected chi connectivity index (χ4v) is 3.61. The number of methoxy groups -OCH3 is 1.